The third-order valence-corrected chi connectivity index (χ3v) is 5.27. The number of aryl methyl sites for hydroxylation is 1. The molecule has 0 N–H and O–H groups in total. The Morgan fingerprint density at radius 2 is 2.29 bits per heavy atom. The number of amides is 1. The number of unbranched alkanes of at least 4 members (excludes halogenated alkanes) is 1. The quantitative estimate of drug-likeness (QED) is 0.784. The number of hydrogen-bond donors (Lipinski definition) is 0. The first kappa shape index (κ1) is 14.7. The van der Waals surface area contributed by atoms with Gasteiger partial charge < -0.3 is 4.90 Å². The lowest BCUT2D eigenvalue weighted by atomic mass is 9.84. The maximum Gasteiger partial charge on any atom is 0.243 e. The zero-order valence-corrected chi connectivity index (χ0v) is 13.7. The molecular weight excluding hydrogens is 282 g/mol. The van der Waals surface area contributed by atoms with Crippen LogP contribution in [-0.4, -0.2) is 48.7 Å². The van der Waals surface area contributed by atoms with Crippen LogP contribution < -0.4 is 0 Å². The van der Waals surface area contributed by atoms with Crippen LogP contribution in [0.25, 0.3) is 0 Å². The monoisotopic (exact) mass is 305 g/mol. The normalized spacial score (nSPS) is 21.3. The van der Waals surface area contributed by atoms with Crippen molar-refractivity contribution in [2.75, 3.05) is 27.2 Å². The summed E-state index contributed by atoms with van der Waals surface area (Å²) in [4.78, 5) is 15.7. The molecule has 1 aromatic heterocycles. The molecule has 1 unspecified atom stereocenters. The van der Waals surface area contributed by atoms with Gasteiger partial charge in [0.2, 0.25) is 5.91 Å². The fraction of sp³-hybridized carbons (Fsp3) is 0.625. The fourth-order valence-electron chi connectivity index (χ4n) is 3.10. The first-order chi connectivity index (χ1) is 10.1. The summed E-state index contributed by atoms with van der Waals surface area (Å²) in [6.45, 7) is 1.82. The first-order valence-electron chi connectivity index (χ1n) is 7.75. The van der Waals surface area contributed by atoms with Gasteiger partial charge in [0, 0.05) is 18.9 Å². The van der Waals surface area contributed by atoms with E-state index in [-0.39, 0.29) is 5.91 Å². The van der Waals surface area contributed by atoms with Crippen molar-refractivity contribution in [1.29, 1.82) is 0 Å². The molecule has 21 heavy (non-hydrogen) atoms. The highest BCUT2D eigenvalue weighted by molar-refractivity contribution is 7.12. The molecule has 5 heteroatoms. The standard InChI is InChI=1S/C16H23N3OS/c1-18(2)8-3-4-9-19-14(20)11-13-6-5-12-7-10-21-16(12)15(13)17-19/h7,10,13H,3-6,8-9,11H2,1-2H3. The summed E-state index contributed by atoms with van der Waals surface area (Å²) in [6.07, 6.45) is 4.93. The number of carbonyl (C=O) groups is 1. The predicted molar refractivity (Wildman–Crippen MR) is 86.8 cm³/mol. The maximum absolute atomic E-state index is 12.2. The molecule has 2 heterocycles. The van der Waals surface area contributed by atoms with Gasteiger partial charge in [-0.3, -0.25) is 4.79 Å². The summed E-state index contributed by atoms with van der Waals surface area (Å²) in [6, 6.07) is 2.20. The molecule has 114 valence electrons. The fourth-order valence-corrected chi connectivity index (χ4v) is 4.12. The highest BCUT2D eigenvalue weighted by atomic mass is 32.1. The zero-order valence-electron chi connectivity index (χ0n) is 12.8. The Bertz CT molecular complexity index is 549. The lowest BCUT2D eigenvalue weighted by Gasteiger charge is -2.32. The lowest BCUT2D eigenvalue weighted by Crippen LogP contribution is -2.39. The summed E-state index contributed by atoms with van der Waals surface area (Å²) >= 11 is 1.77. The largest absolute Gasteiger partial charge is 0.309 e. The van der Waals surface area contributed by atoms with Crippen molar-refractivity contribution >= 4 is 23.0 Å². The molecule has 4 nitrogen and oxygen atoms in total. The Morgan fingerprint density at radius 3 is 3.10 bits per heavy atom. The number of rotatable bonds is 5. The summed E-state index contributed by atoms with van der Waals surface area (Å²) in [5.74, 6) is 0.551. The third-order valence-electron chi connectivity index (χ3n) is 4.29. The van der Waals surface area contributed by atoms with Crippen molar-refractivity contribution in [2.24, 2.45) is 11.0 Å². The second-order valence-electron chi connectivity index (χ2n) is 6.23. The average molecular weight is 305 g/mol. The van der Waals surface area contributed by atoms with Crippen LogP contribution in [0.4, 0.5) is 0 Å². The van der Waals surface area contributed by atoms with Gasteiger partial charge >= 0.3 is 0 Å². The van der Waals surface area contributed by atoms with Crippen LogP contribution in [0, 0.1) is 5.92 Å². The SMILES string of the molecule is CN(C)CCCCN1N=C2c3sccc3CCC2CC1=O. The van der Waals surface area contributed by atoms with E-state index in [0.717, 1.165) is 38.8 Å². The Kier molecular flexibility index (Phi) is 4.40. The molecule has 3 rings (SSSR count). The van der Waals surface area contributed by atoms with Crippen molar-refractivity contribution in [3.63, 3.8) is 0 Å². The number of thiophene rings is 1. The van der Waals surface area contributed by atoms with Gasteiger partial charge in [0.1, 0.15) is 0 Å². The van der Waals surface area contributed by atoms with E-state index in [1.165, 1.54) is 16.2 Å². The van der Waals surface area contributed by atoms with Crippen LogP contribution in [0.15, 0.2) is 16.5 Å². The van der Waals surface area contributed by atoms with Gasteiger partial charge in [0.15, 0.2) is 0 Å². The molecule has 1 aliphatic heterocycles. The highest BCUT2D eigenvalue weighted by Crippen LogP contribution is 2.34. The molecule has 0 saturated carbocycles. The third kappa shape index (κ3) is 3.19. The second-order valence-corrected chi connectivity index (χ2v) is 7.14. The van der Waals surface area contributed by atoms with Gasteiger partial charge in [-0.25, -0.2) is 5.01 Å². The van der Waals surface area contributed by atoms with Gasteiger partial charge in [-0.05, 0) is 63.3 Å². The summed E-state index contributed by atoms with van der Waals surface area (Å²) in [7, 11) is 4.16. The molecule has 0 spiro atoms. The minimum Gasteiger partial charge on any atom is -0.309 e. The zero-order chi connectivity index (χ0) is 14.8. The minimum atomic E-state index is 0.202. The van der Waals surface area contributed by atoms with Crippen LogP contribution in [0.5, 0.6) is 0 Å². The summed E-state index contributed by atoms with van der Waals surface area (Å²) in [5, 5.41) is 8.58. The van der Waals surface area contributed by atoms with Crippen molar-refractivity contribution in [2.45, 2.75) is 32.1 Å². The van der Waals surface area contributed by atoms with Gasteiger partial charge in [-0.2, -0.15) is 5.10 Å². The van der Waals surface area contributed by atoms with Crippen molar-refractivity contribution in [3.8, 4) is 0 Å². The molecule has 0 aromatic carbocycles. The Morgan fingerprint density at radius 1 is 1.43 bits per heavy atom. The molecule has 0 bridgehead atoms. The minimum absolute atomic E-state index is 0.202. The van der Waals surface area contributed by atoms with Crippen LogP contribution in [-0.2, 0) is 11.2 Å². The molecule has 2 aliphatic rings. The Balaban J connectivity index is 1.69. The van der Waals surface area contributed by atoms with E-state index in [9.17, 15) is 4.79 Å². The molecule has 0 radical (unpaired) electrons. The smallest absolute Gasteiger partial charge is 0.243 e. The Hall–Kier alpha value is -1.20. The van der Waals surface area contributed by atoms with E-state index in [1.54, 1.807) is 16.3 Å². The molecule has 1 atom stereocenters. The second kappa shape index (κ2) is 6.28. The van der Waals surface area contributed by atoms with Crippen LogP contribution >= 0.6 is 11.3 Å². The highest BCUT2D eigenvalue weighted by Gasteiger charge is 2.34. The molecule has 0 saturated heterocycles. The van der Waals surface area contributed by atoms with E-state index < -0.39 is 0 Å². The van der Waals surface area contributed by atoms with E-state index >= 15 is 0 Å². The Labute approximate surface area is 130 Å². The molecule has 0 fully saturated rings. The van der Waals surface area contributed by atoms with Crippen LogP contribution in [0.3, 0.4) is 0 Å². The lowest BCUT2D eigenvalue weighted by molar-refractivity contribution is -0.132. The number of carbonyl (C=O) groups excluding carboxylic acids is 1. The van der Waals surface area contributed by atoms with E-state index in [0.29, 0.717) is 12.3 Å². The van der Waals surface area contributed by atoms with Gasteiger partial charge in [-0.1, -0.05) is 0 Å². The first-order valence-corrected chi connectivity index (χ1v) is 8.63. The predicted octanol–water partition coefficient (Wildman–Crippen LogP) is 2.59. The summed E-state index contributed by atoms with van der Waals surface area (Å²) < 4.78 is 0. The number of nitrogens with zero attached hydrogens (tertiary/aromatic N) is 3. The molecule has 1 amide bonds. The van der Waals surface area contributed by atoms with E-state index in [4.69, 9.17) is 5.10 Å². The topological polar surface area (TPSA) is 35.9 Å². The number of hydrazone groups is 1. The van der Waals surface area contributed by atoms with Gasteiger partial charge in [-0.15, -0.1) is 11.3 Å². The van der Waals surface area contributed by atoms with E-state index in [1.807, 2.05) is 0 Å². The average Bonchev–Trinajstić information content (AvgIpc) is 2.92. The molecular formula is C16H23N3OS. The number of fused-ring (bicyclic) bond motifs is 3. The van der Waals surface area contributed by atoms with Crippen molar-refractivity contribution in [3.05, 3.63) is 21.9 Å². The molecule has 1 aromatic rings. The van der Waals surface area contributed by atoms with Crippen LogP contribution in [0.2, 0.25) is 0 Å². The van der Waals surface area contributed by atoms with Gasteiger partial charge in [0.25, 0.3) is 0 Å². The van der Waals surface area contributed by atoms with Crippen molar-refractivity contribution < 1.29 is 4.79 Å². The van der Waals surface area contributed by atoms with Crippen molar-refractivity contribution in [1.82, 2.24) is 9.91 Å². The maximum atomic E-state index is 12.2. The van der Waals surface area contributed by atoms with Gasteiger partial charge in [0.05, 0.1) is 10.6 Å². The number of hydrogen-bond acceptors (Lipinski definition) is 4. The summed E-state index contributed by atoms with van der Waals surface area (Å²) in [5.41, 5.74) is 2.58. The molecule has 1 aliphatic carbocycles. The van der Waals surface area contributed by atoms with E-state index in [2.05, 4.69) is 30.4 Å². The van der Waals surface area contributed by atoms with Crippen LogP contribution in [0.1, 0.15) is 36.1 Å².